The second kappa shape index (κ2) is 8.24. The van der Waals surface area contributed by atoms with Gasteiger partial charge in [-0.15, -0.1) is 0 Å². The minimum Gasteiger partial charge on any atom is -0.480 e. The lowest BCUT2D eigenvalue weighted by atomic mass is 10.1. The Morgan fingerprint density at radius 3 is 2.83 bits per heavy atom. The van der Waals surface area contributed by atoms with Gasteiger partial charge in [0.05, 0.1) is 0 Å². The van der Waals surface area contributed by atoms with E-state index in [1.807, 2.05) is 18.7 Å². The highest BCUT2D eigenvalue weighted by Gasteiger charge is 2.20. The fourth-order valence-electron chi connectivity index (χ4n) is 1.86. The SMILES string of the molecule is CCCC[C@H](NC(=O)NCC1CCSC1)C(=O)O. The van der Waals surface area contributed by atoms with E-state index in [-0.39, 0.29) is 6.03 Å². The number of carbonyl (C=O) groups excluding carboxylic acids is 1. The van der Waals surface area contributed by atoms with Gasteiger partial charge in [0.1, 0.15) is 6.04 Å². The van der Waals surface area contributed by atoms with Gasteiger partial charge in [-0.3, -0.25) is 0 Å². The van der Waals surface area contributed by atoms with Crippen molar-refractivity contribution in [1.29, 1.82) is 0 Å². The molecule has 3 N–H and O–H groups in total. The molecule has 0 aromatic rings. The van der Waals surface area contributed by atoms with Gasteiger partial charge in [-0.1, -0.05) is 19.8 Å². The molecular formula is C12H22N2O3S. The number of nitrogens with one attached hydrogen (secondary N) is 2. The highest BCUT2D eigenvalue weighted by Crippen LogP contribution is 2.22. The molecule has 104 valence electrons. The van der Waals surface area contributed by atoms with E-state index in [4.69, 9.17) is 5.11 Å². The maximum atomic E-state index is 11.6. The summed E-state index contributed by atoms with van der Waals surface area (Å²) in [5.41, 5.74) is 0. The molecule has 18 heavy (non-hydrogen) atoms. The summed E-state index contributed by atoms with van der Waals surface area (Å²) in [7, 11) is 0. The number of carboxylic acid groups (broad SMARTS) is 1. The van der Waals surface area contributed by atoms with E-state index >= 15 is 0 Å². The lowest BCUT2D eigenvalue weighted by Gasteiger charge is -2.16. The first-order valence-corrected chi connectivity index (χ1v) is 7.63. The largest absolute Gasteiger partial charge is 0.480 e. The molecule has 1 heterocycles. The van der Waals surface area contributed by atoms with Crippen molar-refractivity contribution in [3.63, 3.8) is 0 Å². The summed E-state index contributed by atoms with van der Waals surface area (Å²) < 4.78 is 0. The molecule has 1 saturated heterocycles. The van der Waals surface area contributed by atoms with Gasteiger partial charge in [-0.25, -0.2) is 9.59 Å². The number of thioether (sulfide) groups is 1. The summed E-state index contributed by atoms with van der Waals surface area (Å²) in [6.45, 7) is 2.63. The zero-order valence-electron chi connectivity index (χ0n) is 10.8. The van der Waals surface area contributed by atoms with E-state index in [2.05, 4.69) is 10.6 Å². The molecule has 6 heteroatoms. The van der Waals surface area contributed by atoms with Crippen LogP contribution in [0.25, 0.3) is 0 Å². The van der Waals surface area contributed by atoms with Gasteiger partial charge in [-0.05, 0) is 30.3 Å². The average molecular weight is 274 g/mol. The predicted octanol–water partition coefficient (Wildman–Crippen LogP) is 1.68. The minimum atomic E-state index is -0.963. The normalized spacial score (nSPS) is 20.4. The molecule has 0 saturated carbocycles. The number of hydrogen-bond donors (Lipinski definition) is 3. The molecule has 0 radical (unpaired) electrons. The van der Waals surface area contributed by atoms with Crippen LogP contribution in [0.5, 0.6) is 0 Å². The summed E-state index contributed by atoms with van der Waals surface area (Å²) in [4.78, 5) is 22.5. The molecule has 0 aromatic carbocycles. The standard InChI is InChI=1S/C12H22N2O3S/c1-2-3-4-10(11(15)16)14-12(17)13-7-9-5-6-18-8-9/h9-10H,2-8H2,1H3,(H,15,16)(H2,13,14,17)/t9?,10-/m0/s1. The van der Waals surface area contributed by atoms with Gasteiger partial charge in [0, 0.05) is 6.54 Å². The number of carboxylic acids is 1. The van der Waals surface area contributed by atoms with Gasteiger partial charge in [0.15, 0.2) is 0 Å². The Balaban J connectivity index is 2.24. The molecule has 0 spiro atoms. The maximum Gasteiger partial charge on any atom is 0.326 e. The zero-order chi connectivity index (χ0) is 13.4. The molecule has 1 rings (SSSR count). The molecule has 5 nitrogen and oxygen atoms in total. The molecule has 1 aliphatic rings. The van der Waals surface area contributed by atoms with Gasteiger partial charge in [0.2, 0.25) is 0 Å². The van der Waals surface area contributed by atoms with Crippen LogP contribution in [0.15, 0.2) is 0 Å². The maximum absolute atomic E-state index is 11.6. The van der Waals surface area contributed by atoms with Crippen LogP contribution in [0, 0.1) is 5.92 Å². The van der Waals surface area contributed by atoms with E-state index in [0.717, 1.165) is 30.8 Å². The van der Waals surface area contributed by atoms with Crippen LogP contribution in [0.2, 0.25) is 0 Å². The summed E-state index contributed by atoms with van der Waals surface area (Å²) in [5, 5.41) is 14.3. The zero-order valence-corrected chi connectivity index (χ0v) is 11.6. The topological polar surface area (TPSA) is 78.4 Å². The van der Waals surface area contributed by atoms with E-state index in [0.29, 0.717) is 18.9 Å². The van der Waals surface area contributed by atoms with Crippen molar-refractivity contribution in [2.45, 2.75) is 38.6 Å². The van der Waals surface area contributed by atoms with Gasteiger partial charge >= 0.3 is 12.0 Å². The Kier molecular flexibility index (Phi) is 6.93. The predicted molar refractivity (Wildman–Crippen MR) is 72.9 cm³/mol. The summed E-state index contributed by atoms with van der Waals surface area (Å²) in [6, 6.07) is -1.14. The summed E-state index contributed by atoms with van der Waals surface area (Å²) in [6.07, 6.45) is 3.34. The first-order valence-electron chi connectivity index (χ1n) is 6.48. The number of unbranched alkanes of at least 4 members (excludes halogenated alkanes) is 1. The smallest absolute Gasteiger partial charge is 0.326 e. The molecule has 0 aromatic heterocycles. The number of amides is 2. The van der Waals surface area contributed by atoms with Crippen molar-refractivity contribution in [3.05, 3.63) is 0 Å². The molecule has 1 unspecified atom stereocenters. The number of rotatable bonds is 7. The number of hydrogen-bond acceptors (Lipinski definition) is 3. The Bertz CT molecular complexity index is 280. The minimum absolute atomic E-state index is 0.365. The second-order valence-electron chi connectivity index (χ2n) is 4.62. The number of carbonyl (C=O) groups is 2. The van der Waals surface area contributed by atoms with Crippen LogP contribution in [-0.2, 0) is 4.79 Å². The van der Waals surface area contributed by atoms with E-state index in [1.165, 1.54) is 0 Å². The fraction of sp³-hybridized carbons (Fsp3) is 0.833. The Morgan fingerprint density at radius 1 is 1.50 bits per heavy atom. The molecule has 1 fully saturated rings. The lowest BCUT2D eigenvalue weighted by molar-refractivity contribution is -0.139. The Hall–Kier alpha value is -0.910. The third kappa shape index (κ3) is 5.62. The van der Waals surface area contributed by atoms with Crippen molar-refractivity contribution in [3.8, 4) is 0 Å². The molecule has 2 atom stereocenters. The third-order valence-electron chi connectivity index (χ3n) is 3.03. The van der Waals surface area contributed by atoms with Crippen LogP contribution in [0.3, 0.4) is 0 Å². The fourth-order valence-corrected chi connectivity index (χ4v) is 3.14. The van der Waals surface area contributed by atoms with Gasteiger partial charge in [-0.2, -0.15) is 11.8 Å². The van der Waals surface area contributed by atoms with E-state index in [9.17, 15) is 9.59 Å². The highest BCUT2D eigenvalue weighted by molar-refractivity contribution is 7.99. The van der Waals surface area contributed by atoms with Crippen LogP contribution in [0.1, 0.15) is 32.6 Å². The first kappa shape index (κ1) is 15.1. The molecule has 1 aliphatic heterocycles. The quantitative estimate of drug-likeness (QED) is 0.660. The Morgan fingerprint density at radius 2 is 2.28 bits per heavy atom. The molecular weight excluding hydrogens is 252 g/mol. The highest BCUT2D eigenvalue weighted by atomic mass is 32.2. The van der Waals surface area contributed by atoms with Crippen LogP contribution in [-0.4, -0.2) is 41.2 Å². The lowest BCUT2D eigenvalue weighted by Crippen LogP contribution is -2.47. The average Bonchev–Trinajstić information content (AvgIpc) is 2.84. The van der Waals surface area contributed by atoms with E-state index < -0.39 is 12.0 Å². The monoisotopic (exact) mass is 274 g/mol. The van der Waals surface area contributed by atoms with Crippen LogP contribution >= 0.6 is 11.8 Å². The number of aliphatic carboxylic acids is 1. The molecule has 0 bridgehead atoms. The Labute approximate surface area is 112 Å². The third-order valence-corrected chi connectivity index (χ3v) is 4.26. The van der Waals surface area contributed by atoms with Crippen LogP contribution in [0.4, 0.5) is 4.79 Å². The van der Waals surface area contributed by atoms with E-state index in [1.54, 1.807) is 0 Å². The summed E-state index contributed by atoms with van der Waals surface area (Å²) >= 11 is 1.90. The van der Waals surface area contributed by atoms with Crippen molar-refractivity contribution >= 4 is 23.8 Å². The molecule has 0 aliphatic carbocycles. The van der Waals surface area contributed by atoms with Crippen LogP contribution < -0.4 is 10.6 Å². The van der Waals surface area contributed by atoms with Crippen molar-refractivity contribution in [2.24, 2.45) is 5.92 Å². The first-order chi connectivity index (χ1) is 8.63. The van der Waals surface area contributed by atoms with Gasteiger partial charge < -0.3 is 15.7 Å². The van der Waals surface area contributed by atoms with Gasteiger partial charge in [0.25, 0.3) is 0 Å². The number of urea groups is 1. The van der Waals surface area contributed by atoms with Crippen molar-refractivity contribution in [1.82, 2.24) is 10.6 Å². The summed E-state index contributed by atoms with van der Waals surface area (Å²) in [5.74, 6) is 1.80. The second-order valence-corrected chi connectivity index (χ2v) is 5.77. The van der Waals surface area contributed by atoms with Crippen molar-refractivity contribution < 1.29 is 14.7 Å². The molecule has 2 amide bonds. The van der Waals surface area contributed by atoms with Crippen molar-refractivity contribution in [2.75, 3.05) is 18.1 Å².